The Morgan fingerprint density at radius 3 is 1.46 bits per heavy atom. The molecule has 0 aliphatic carbocycles. The predicted octanol–water partition coefficient (Wildman–Crippen LogP) is -0.262. The molecular formula is CN6O6. The molecule has 70 valence electrons. The summed E-state index contributed by atoms with van der Waals surface area (Å²) in [4.78, 5) is 25.8. The van der Waals surface area contributed by atoms with Crippen molar-refractivity contribution in [3.05, 3.63) is 40.8 Å². The van der Waals surface area contributed by atoms with Gasteiger partial charge in [0.15, 0.2) is 14.8 Å². The minimum Gasteiger partial charge on any atom is -0.252 e. The van der Waals surface area contributed by atoms with Crippen molar-refractivity contribution >= 4 is 0 Å². The SMILES string of the molecule is [N-]=[N+]=NC([N+](=O)[O-])([N+](=O)[O-])[N+](=O)[O-]. The van der Waals surface area contributed by atoms with Gasteiger partial charge in [-0.15, -0.1) is 0 Å². The molecule has 0 spiro atoms. The Hall–Kier alpha value is -2.49. The molecule has 0 atom stereocenters. The van der Waals surface area contributed by atoms with E-state index < -0.39 is 20.7 Å². The number of hydrogen-bond donors (Lipinski definition) is 0. The van der Waals surface area contributed by atoms with Gasteiger partial charge in [-0.25, -0.2) is 0 Å². The minimum atomic E-state index is -4.07. The number of azide groups is 1. The molecule has 12 nitrogen and oxygen atoms in total. The summed E-state index contributed by atoms with van der Waals surface area (Å²) >= 11 is 0. The number of rotatable bonds is 4. The van der Waals surface area contributed by atoms with Crippen LogP contribution in [0.4, 0.5) is 0 Å². The van der Waals surface area contributed by atoms with Gasteiger partial charge in [0.2, 0.25) is 0 Å². The van der Waals surface area contributed by atoms with E-state index in [1.807, 2.05) is 5.11 Å². The summed E-state index contributed by atoms with van der Waals surface area (Å²) in [6.07, 6.45) is 0. The summed E-state index contributed by atoms with van der Waals surface area (Å²) in [5.41, 5.74) is 7.69. The van der Waals surface area contributed by atoms with Crippen molar-refractivity contribution in [1.82, 2.24) is 0 Å². The van der Waals surface area contributed by atoms with Crippen LogP contribution in [0.25, 0.3) is 10.4 Å². The first-order valence-electron chi connectivity index (χ1n) is 2.39. The Balaban J connectivity index is 5.58. The molecule has 0 radical (unpaired) electrons. The molecule has 0 bridgehead atoms. The van der Waals surface area contributed by atoms with E-state index in [1.54, 1.807) is 4.91 Å². The molecule has 0 aromatic heterocycles. The lowest BCUT2D eigenvalue weighted by Gasteiger charge is -2.00. The molecule has 0 heterocycles. The molecule has 0 aromatic rings. The highest BCUT2D eigenvalue weighted by Gasteiger charge is 2.72. The molecule has 0 N–H and O–H groups in total. The Morgan fingerprint density at radius 1 is 1.08 bits per heavy atom. The van der Waals surface area contributed by atoms with Gasteiger partial charge >= 0.3 is 5.91 Å². The van der Waals surface area contributed by atoms with Crippen molar-refractivity contribution in [3.8, 4) is 0 Å². The summed E-state index contributed by atoms with van der Waals surface area (Å²) in [5.74, 6) is -4.07. The van der Waals surface area contributed by atoms with Crippen LogP contribution in [-0.2, 0) is 0 Å². The van der Waals surface area contributed by atoms with E-state index in [1.165, 1.54) is 0 Å². The lowest BCUT2D eigenvalue weighted by atomic mass is 10.7. The first kappa shape index (κ1) is 10.5. The maximum absolute atomic E-state index is 9.95. The third-order valence-corrected chi connectivity index (χ3v) is 0.914. The fourth-order valence-corrected chi connectivity index (χ4v) is 0.370. The molecule has 0 fully saturated rings. The van der Waals surface area contributed by atoms with Gasteiger partial charge in [0.25, 0.3) is 0 Å². The van der Waals surface area contributed by atoms with E-state index in [0.717, 1.165) is 0 Å². The highest BCUT2D eigenvalue weighted by Crippen LogP contribution is 2.13. The largest absolute Gasteiger partial charge is 0.807 e. The van der Waals surface area contributed by atoms with Crippen LogP contribution < -0.4 is 0 Å². The summed E-state index contributed by atoms with van der Waals surface area (Å²) in [6, 6.07) is 0. The first-order chi connectivity index (χ1) is 5.89. The Kier molecular flexibility index (Phi) is 2.64. The molecule has 0 amide bonds. The van der Waals surface area contributed by atoms with E-state index in [0.29, 0.717) is 0 Å². The van der Waals surface area contributed by atoms with E-state index in [9.17, 15) is 30.3 Å². The molecule has 0 unspecified atom stereocenters. The zero-order chi connectivity index (χ0) is 10.6. The minimum absolute atomic E-state index is 1.67. The maximum Gasteiger partial charge on any atom is 0.807 e. The van der Waals surface area contributed by atoms with Crippen LogP contribution in [0.2, 0.25) is 0 Å². The summed E-state index contributed by atoms with van der Waals surface area (Å²) in [5, 5.41) is 31.8. The maximum atomic E-state index is 9.95. The van der Waals surface area contributed by atoms with E-state index in [4.69, 9.17) is 5.53 Å². The number of hydrogen-bond acceptors (Lipinski definition) is 7. The lowest BCUT2D eigenvalue weighted by Crippen LogP contribution is -2.51. The van der Waals surface area contributed by atoms with Crippen LogP contribution in [0.1, 0.15) is 0 Å². The van der Waals surface area contributed by atoms with Crippen molar-refractivity contribution in [2.45, 2.75) is 5.91 Å². The highest BCUT2D eigenvalue weighted by atomic mass is 16.7. The lowest BCUT2D eigenvalue weighted by molar-refractivity contribution is -0.968. The van der Waals surface area contributed by atoms with Crippen LogP contribution in [0.5, 0.6) is 0 Å². The Bertz CT molecular complexity index is 271. The molecule has 0 saturated heterocycles. The molecule has 0 aliphatic heterocycles. The zero-order valence-corrected chi connectivity index (χ0v) is 5.63. The second kappa shape index (κ2) is 3.27. The third-order valence-electron chi connectivity index (χ3n) is 0.914. The highest BCUT2D eigenvalue weighted by molar-refractivity contribution is 4.51. The van der Waals surface area contributed by atoms with Crippen LogP contribution in [0, 0.1) is 30.3 Å². The van der Waals surface area contributed by atoms with Gasteiger partial charge in [0, 0.05) is 4.91 Å². The standard InChI is InChI=1S/CN6O6/c2-4-3-1(5(8)9,6(10)11)7(12)13. The molecule has 13 heavy (non-hydrogen) atoms. The zero-order valence-electron chi connectivity index (χ0n) is 5.63. The Labute approximate surface area is 67.8 Å². The van der Waals surface area contributed by atoms with Crippen LogP contribution in [0.3, 0.4) is 0 Å². The monoisotopic (exact) mass is 192 g/mol. The number of nitro groups is 3. The molecule has 0 aliphatic rings. The van der Waals surface area contributed by atoms with Gasteiger partial charge in [-0.05, 0) is 5.53 Å². The third kappa shape index (κ3) is 1.41. The van der Waals surface area contributed by atoms with Gasteiger partial charge in [0.05, 0.1) is 0 Å². The predicted molar refractivity (Wildman–Crippen MR) is 32.9 cm³/mol. The van der Waals surface area contributed by atoms with Crippen molar-refractivity contribution in [2.75, 3.05) is 0 Å². The number of nitrogens with zero attached hydrogens (tertiary/aromatic N) is 6. The summed E-state index contributed by atoms with van der Waals surface area (Å²) in [6.45, 7) is 0. The fourth-order valence-electron chi connectivity index (χ4n) is 0.370. The van der Waals surface area contributed by atoms with Gasteiger partial charge in [-0.2, -0.15) is 0 Å². The van der Waals surface area contributed by atoms with E-state index >= 15 is 0 Å². The van der Waals surface area contributed by atoms with Crippen LogP contribution in [-0.4, -0.2) is 20.7 Å². The Morgan fingerprint density at radius 2 is 1.38 bits per heavy atom. The smallest absolute Gasteiger partial charge is 0.252 e. The van der Waals surface area contributed by atoms with Gasteiger partial charge in [-0.3, -0.25) is 30.3 Å². The molecule has 12 heteroatoms. The first-order valence-corrected chi connectivity index (χ1v) is 2.39. The second-order valence-electron chi connectivity index (χ2n) is 1.56. The molecule has 0 saturated carbocycles. The van der Waals surface area contributed by atoms with Crippen molar-refractivity contribution in [3.63, 3.8) is 0 Å². The van der Waals surface area contributed by atoms with Gasteiger partial charge in [0.1, 0.15) is 5.11 Å². The van der Waals surface area contributed by atoms with Gasteiger partial charge < -0.3 is 0 Å². The summed E-state index contributed by atoms with van der Waals surface area (Å²) in [7, 11) is 0. The topological polar surface area (TPSA) is 178 Å². The quantitative estimate of drug-likeness (QED) is 0.147. The van der Waals surface area contributed by atoms with Crippen LogP contribution >= 0.6 is 0 Å². The average Bonchev–Trinajstić information content (AvgIpc) is 1.97. The molecule has 0 rings (SSSR count). The van der Waals surface area contributed by atoms with Crippen molar-refractivity contribution in [1.29, 1.82) is 0 Å². The second-order valence-corrected chi connectivity index (χ2v) is 1.56. The van der Waals surface area contributed by atoms with Crippen molar-refractivity contribution in [2.24, 2.45) is 5.11 Å². The molecule has 0 aromatic carbocycles. The van der Waals surface area contributed by atoms with Crippen LogP contribution in [0.15, 0.2) is 5.11 Å². The molecular weight excluding hydrogens is 192 g/mol. The average molecular weight is 192 g/mol. The normalized spacial score (nSPS) is 9.85. The van der Waals surface area contributed by atoms with E-state index in [2.05, 4.69) is 0 Å². The van der Waals surface area contributed by atoms with E-state index in [-0.39, 0.29) is 0 Å². The fraction of sp³-hybridized carbons (Fsp3) is 1.00. The summed E-state index contributed by atoms with van der Waals surface area (Å²) < 4.78 is 0. The van der Waals surface area contributed by atoms with Crippen molar-refractivity contribution < 1.29 is 14.8 Å². The van der Waals surface area contributed by atoms with Gasteiger partial charge in [-0.1, -0.05) is 0 Å².